The van der Waals surface area contributed by atoms with Gasteiger partial charge in [0.15, 0.2) is 0 Å². The zero-order valence-electron chi connectivity index (χ0n) is 14.0. The number of hydrogen-bond acceptors (Lipinski definition) is 4. The topological polar surface area (TPSA) is 57.8 Å². The van der Waals surface area contributed by atoms with E-state index in [0.717, 1.165) is 25.6 Å². The highest BCUT2D eigenvalue weighted by Crippen LogP contribution is 2.40. The molecule has 4 nitrogen and oxygen atoms in total. The lowest BCUT2D eigenvalue weighted by atomic mass is 10.2. The first kappa shape index (κ1) is 17.8. The van der Waals surface area contributed by atoms with E-state index in [1.165, 1.54) is 0 Å². The molecule has 0 amide bonds. The highest BCUT2D eigenvalue weighted by molar-refractivity contribution is 9.10. The maximum atomic E-state index is 10.1. The normalized spacial score (nSPS) is 11.3. The van der Waals surface area contributed by atoms with Gasteiger partial charge in [-0.15, -0.1) is 0 Å². The van der Waals surface area contributed by atoms with Crippen LogP contribution in [0.5, 0.6) is 5.75 Å². The van der Waals surface area contributed by atoms with Gasteiger partial charge in [0, 0.05) is 31.8 Å². The van der Waals surface area contributed by atoms with Gasteiger partial charge < -0.3 is 14.8 Å². The molecule has 0 radical (unpaired) electrons. The number of phenols is 1. The number of rotatable bonds is 4. The first-order valence-electron chi connectivity index (χ1n) is 8.17. The van der Waals surface area contributed by atoms with E-state index < -0.39 is 0 Å². The molecular formula is C21H14Br2N2O2. The number of benzene rings is 3. The smallest absolute Gasteiger partial charge is 0.224 e. The van der Waals surface area contributed by atoms with Gasteiger partial charge in [-0.2, -0.15) is 0 Å². The van der Waals surface area contributed by atoms with Crippen molar-refractivity contribution < 1.29 is 9.52 Å². The zero-order valence-corrected chi connectivity index (χ0v) is 17.2. The molecule has 134 valence electrons. The molecule has 0 spiro atoms. The number of anilines is 2. The summed E-state index contributed by atoms with van der Waals surface area (Å²) in [5.74, 6) is 0.702. The quantitative estimate of drug-likeness (QED) is 0.301. The van der Waals surface area contributed by atoms with Crippen molar-refractivity contribution in [1.29, 1.82) is 0 Å². The van der Waals surface area contributed by atoms with Crippen LogP contribution < -0.4 is 5.32 Å². The van der Waals surface area contributed by atoms with E-state index in [-0.39, 0.29) is 5.75 Å². The van der Waals surface area contributed by atoms with Gasteiger partial charge in [-0.25, -0.2) is 4.99 Å². The van der Waals surface area contributed by atoms with Crippen LogP contribution in [0.4, 0.5) is 17.3 Å². The third-order valence-corrected chi connectivity index (χ3v) is 4.96. The van der Waals surface area contributed by atoms with Gasteiger partial charge in [0.25, 0.3) is 0 Å². The second-order valence-corrected chi connectivity index (χ2v) is 7.70. The lowest BCUT2D eigenvalue weighted by Gasteiger charge is -2.04. The van der Waals surface area contributed by atoms with Crippen LogP contribution in [0.25, 0.3) is 11.0 Å². The minimum Gasteiger partial charge on any atom is -0.507 e. The Morgan fingerprint density at radius 1 is 0.926 bits per heavy atom. The van der Waals surface area contributed by atoms with Crippen molar-refractivity contribution in [2.45, 2.75) is 0 Å². The summed E-state index contributed by atoms with van der Waals surface area (Å²) < 4.78 is 7.78. The largest absolute Gasteiger partial charge is 0.507 e. The van der Waals surface area contributed by atoms with Gasteiger partial charge in [0.05, 0.1) is 0 Å². The maximum absolute atomic E-state index is 10.1. The summed E-state index contributed by atoms with van der Waals surface area (Å²) in [6.07, 6.45) is 1.63. The third-order valence-electron chi connectivity index (χ3n) is 3.98. The monoisotopic (exact) mass is 484 g/mol. The molecule has 27 heavy (non-hydrogen) atoms. The van der Waals surface area contributed by atoms with E-state index in [1.54, 1.807) is 24.4 Å². The van der Waals surface area contributed by atoms with E-state index in [4.69, 9.17) is 4.42 Å². The Morgan fingerprint density at radius 3 is 2.48 bits per heavy atom. The SMILES string of the molecule is Oc1ccc(Br)cc1C=Nc1c(Nc2ccccc2)oc2ccc(Br)cc12. The Morgan fingerprint density at radius 2 is 1.67 bits per heavy atom. The van der Waals surface area contributed by atoms with Crippen LogP contribution in [0.2, 0.25) is 0 Å². The van der Waals surface area contributed by atoms with Gasteiger partial charge >= 0.3 is 0 Å². The van der Waals surface area contributed by atoms with Crippen LogP contribution in [0.1, 0.15) is 5.56 Å². The number of para-hydroxylation sites is 1. The number of nitrogens with one attached hydrogen (secondary N) is 1. The molecule has 1 heterocycles. The van der Waals surface area contributed by atoms with E-state index in [0.29, 0.717) is 17.1 Å². The van der Waals surface area contributed by atoms with E-state index in [2.05, 4.69) is 42.2 Å². The van der Waals surface area contributed by atoms with Crippen molar-refractivity contribution in [2.24, 2.45) is 4.99 Å². The molecule has 4 aromatic rings. The molecule has 3 aromatic carbocycles. The zero-order chi connectivity index (χ0) is 18.8. The van der Waals surface area contributed by atoms with E-state index >= 15 is 0 Å². The van der Waals surface area contributed by atoms with Crippen molar-refractivity contribution >= 4 is 66.3 Å². The summed E-state index contributed by atoms with van der Waals surface area (Å²) >= 11 is 6.91. The van der Waals surface area contributed by atoms with E-state index in [9.17, 15) is 5.11 Å². The number of hydrogen-bond donors (Lipinski definition) is 2. The first-order valence-corrected chi connectivity index (χ1v) is 9.75. The number of halogens is 2. The average molecular weight is 486 g/mol. The summed E-state index contributed by atoms with van der Waals surface area (Å²) in [6, 6.07) is 20.7. The molecule has 0 aliphatic heterocycles. The summed E-state index contributed by atoms with van der Waals surface area (Å²) in [5, 5.41) is 14.2. The van der Waals surface area contributed by atoms with Crippen molar-refractivity contribution in [3.05, 3.63) is 81.2 Å². The van der Waals surface area contributed by atoms with Crippen LogP contribution >= 0.6 is 31.9 Å². The summed E-state index contributed by atoms with van der Waals surface area (Å²) in [5.41, 5.74) is 2.90. The minimum atomic E-state index is 0.161. The number of furan rings is 1. The Bertz CT molecular complexity index is 1140. The van der Waals surface area contributed by atoms with Crippen molar-refractivity contribution in [2.75, 3.05) is 5.32 Å². The molecule has 4 rings (SSSR count). The van der Waals surface area contributed by atoms with Crippen LogP contribution in [-0.4, -0.2) is 11.3 Å². The molecule has 0 saturated carbocycles. The number of fused-ring (bicyclic) bond motifs is 1. The molecule has 1 aromatic heterocycles. The number of nitrogens with zero attached hydrogens (tertiary/aromatic N) is 1. The molecule has 0 aliphatic rings. The standard InChI is InChI=1S/C21H14Br2N2O2/c22-14-6-8-18(26)13(10-14)12-24-20-17-11-15(23)7-9-19(17)27-21(20)25-16-4-2-1-3-5-16/h1-12,25-26H. The van der Waals surface area contributed by atoms with Crippen molar-refractivity contribution in [1.82, 2.24) is 0 Å². The van der Waals surface area contributed by atoms with E-state index in [1.807, 2.05) is 48.5 Å². The predicted molar refractivity (Wildman–Crippen MR) is 117 cm³/mol. The number of aromatic hydroxyl groups is 1. The first-order chi connectivity index (χ1) is 13.1. The Balaban J connectivity index is 1.81. The van der Waals surface area contributed by atoms with Crippen LogP contribution in [0.3, 0.4) is 0 Å². The molecule has 0 bridgehead atoms. The number of aliphatic imine (C=N–C) groups is 1. The molecule has 0 aliphatic carbocycles. The van der Waals surface area contributed by atoms with Crippen LogP contribution in [0, 0.1) is 0 Å². The highest BCUT2D eigenvalue weighted by atomic mass is 79.9. The Labute approximate surface area is 172 Å². The fourth-order valence-corrected chi connectivity index (χ4v) is 3.43. The predicted octanol–water partition coefficient (Wildman–Crippen LogP) is 7.16. The van der Waals surface area contributed by atoms with Crippen molar-refractivity contribution in [3.63, 3.8) is 0 Å². The average Bonchev–Trinajstić information content (AvgIpc) is 2.99. The van der Waals surface area contributed by atoms with Gasteiger partial charge in [-0.1, -0.05) is 50.1 Å². The minimum absolute atomic E-state index is 0.161. The lowest BCUT2D eigenvalue weighted by molar-refractivity contribution is 0.474. The molecule has 0 saturated heterocycles. The van der Waals surface area contributed by atoms with Gasteiger partial charge in [-0.05, 0) is 48.5 Å². The fraction of sp³-hybridized carbons (Fsp3) is 0. The second-order valence-electron chi connectivity index (χ2n) is 5.87. The fourth-order valence-electron chi connectivity index (χ4n) is 2.69. The molecule has 0 atom stereocenters. The van der Waals surface area contributed by atoms with Crippen molar-refractivity contribution in [3.8, 4) is 5.75 Å². The molecule has 0 fully saturated rings. The Kier molecular flexibility index (Phi) is 5.01. The molecule has 6 heteroatoms. The molecular weight excluding hydrogens is 472 g/mol. The highest BCUT2D eigenvalue weighted by Gasteiger charge is 2.14. The lowest BCUT2D eigenvalue weighted by Crippen LogP contribution is -1.88. The summed E-state index contributed by atoms with van der Waals surface area (Å²) in [7, 11) is 0. The number of phenolic OH excluding ortho intramolecular Hbond substituents is 1. The Hall–Kier alpha value is -2.57. The van der Waals surface area contributed by atoms with Gasteiger partial charge in [-0.3, -0.25) is 0 Å². The summed E-state index contributed by atoms with van der Waals surface area (Å²) in [6.45, 7) is 0. The maximum Gasteiger partial charge on any atom is 0.224 e. The third kappa shape index (κ3) is 3.91. The summed E-state index contributed by atoms with van der Waals surface area (Å²) in [4.78, 5) is 4.62. The van der Waals surface area contributed by atoms with Gasteiger partial charge in [0.1, 0.15) is 17.0 Å². The second kappa shape index (κ2) is 7.58. The van der Waals surface area contributed by atoms with Crippen LogP contribution in [-0.2, 0) is 0 Å². The van der Waals surface area contributed by atoms with Gasteiger partial charge in [0.2, 0.25) is 5.88 Å². The molecule has 0 unspecified atom stereocenters. The van der Waals surface area contributed by atoms with Crippen LogP contribution in [0.15, 0.2) is 85.1 Å². The molecule has 2 N–H and O–H groups in total.